The maximum atomic E-state index is 5.63. The van der Waals surface area contributed by atoms with Crippen molar-refractivity contribution in [1.29, 1.82) is 0 Å². The molecule has 0 rings (SSSR count). The van der Waals surface area contributed by atoms with Crippen LogP contribution in [-0.2, 0) is 0 Å². The Morgan fingerprint density at radius 2 is 1.91 bits per heavy atom. The second-order valence-electron chi connectivity index (χ2n) is 2.47. The van der Waals surface area contributed by atoms with Crippen molar-refractivity contribution in [2.24, 2.45) is 11.5 Å². The van der Waals surface area contributed by atoms with E-state index in [2.05, 4.69) is 30.6 Å². The van der Waals surface area contributed by atoms with Gasteiger partial charge in [-0.15, -0.1) is 0 Å². The van der Waals surface area contributed by atoms with Gasteiger partial charge in [0.2, 0.25) is 0 Å². The number of rotatable bonds is 6. The van der Waals surface area contributed by atoms with Gasteiger partial charge in [0, 0.05) is 36.7 Å². The van der Waals surface area contributed by atoms with Gasteiger partial charge in [0.15, 0.2) is 0 Å². The van der Waals surface area contributed by atoms with Gasteiger partial charge in [-0.1, -0.05) is 0 Å². The fraction of sp³-hybridized carbons (Fsp3) is 1.00. The van der Waals surface area contributed by atoms with Gasteiger partial charge in [-0.05, 0) is 0 Å². The molecule has 0 saturated heterocycles. The fourth-order valence-electron chi connectivity index (χ4n) is 0.605. The molecule has 2 atom stereocenters. The molecule has 0 saturated carbocycles. The summed E-state index contributed by atoms with van der Waals surface area (Å²) in [6.07, 6.45) is 0. The summed E-state index contributed by atoms with van der Waals surface area (Å²) in [5.74, 6) is 1.44. The monoisotopic (exact) mass is 195 g/mol. The first-order valence-corrected chi connectivity index (χ1v) is 4.91. The lowest BCUT2D eigenvalue weighted by Gasteiger charge is -2.16. The zero-order valence-corrected chi connectivity index (χ0v) is 8.32. The third-order valence-corrected chi connectivity index (χ3v) is 2.32. The van der Waals surface area contributed by atoms with Crippen LogP contribution in [0, 0.1) is 0 Å². The maximum absolute atomic E-state index is 5.63. The van der Waals surface area contributed by atoms with Gasteiger partial charge in [0.05, 0.1) is 0 Å². The topological polar surface area (TPSA) is 64.1 Å². The predicted molar refractivity (Wildman–Crippen MR) is 56.5 cm³/mol. The van der Waals surface area contributed by atoms with E-state index in [0.29, 0.717) is 12.3 Å². The zero-order valence-electron chi connectivity index (χ0n) is 6.53. The molecule has 2 unspecified atom stereocenters. The minimum Gasteiger partial charge on any atom is -0.329 e. The van der Waals surface area contributed by atoms with Crippen molar-refractivity contribution in [3.8, 4) is 0 Å². The second kappa shape index (κ2) is 7.24. The first kappa shape index (κ1) is 11.6. The Labute approximate surface area is 79.1 Å². The zero-order chi connectivity index (χ0) is 8.69. The van der Waals surface area contributed by atoms with Crippen molar-refractivity contribution in [2.75, 3.05) is 24.6 Å². The quantitative estimate of drug-likeness (QED) is 0.357. The molecule has 0 radical (unpaired) electrons. The summed E-state index contributed by atoms with van der Waals surface area (Å²) in [5, 5.41) is 3.19. The largest absolute Gasteiger partial charge is 0.329 e. The lowest BCUT2D eigenvalue weighted by Crippen LogP contribution is -2.44. The van der Waals surface area contributed by atoms with E-state index in [1.165, 1.54) is 0 Å². The molecule has 3 nitrogen and oxygen atoms in total. The molecule has 0 aliphatic heterocycles. The lowest BCUT2D eigenvalue weighted by molar-refractivity contribution is 0.532. The fourth-order valence-corrected chi connectivity index (χ4v) is 1.01. The van der Waals surface area contributed by atoms with Crippen LogP contribution in [0.2, 0.25) is 0 Å². The van der Waals surface area contributed by atoms with Gasteiger partial charge in [0.25, 0.3) is 0 Å². The van der Waals surface area contributed by atoms with Crippen molar-refractivity contribution in [3.05, 3.63) is 0 Å². The van der Waals surface area contributed by atoms with E-state index in [-0.39, 0.29) is 12.1 Å². The van der Waals surface area contributed by atoms with Crippen LogP contribution in [0.5, 0.6) is 0 Å². The molecular formula is C6H17N3S2. The molecule has 0 aliphatic rings. The van der Waals surface area contributed by atoms with Gasteiger partial charge in [-0.2, -0.15) is 25.3 Å². The Hall–Kier alpha value is 0.580. The van der Waals surface area contributed by atoms with Crippen LogP contribution < -0.4 is 16.8 Å². The molecule has 0 aromatic heterocycles. The molecule has 5 N–H and O–H groups in total. The van der Waals surface area contributed by atoms with Crippen molar-refractivity contribution >= 4 is 25.3 Å². The summed E-state index contributed by atoms with van der Waals surface area (Å²) >= 11 is 8.19. The van der Waals surface area contributed by atoms with Crippen LogP contribution in [0.1, 0.15) is 0 Å². The highest BCUT2D eigenvalue weighted by molar-refractivity contribution is 7.80. The van der Waals surface area contributed by atoms with Crippen LogP contribution in [0.25, 0.3) is 0 Å². The van der Waals surface area contributed by atoms with Crippen molar-refractivity contribution < 1.29 is 0 Å². The molecule has 0 aliphatic carbocycles. The Morgan fingerprint density at radius 1 is 1.27 bits per heavy atom. The molecule has 0 aromatic carbocycles. The number of hydrogen-bond donors (Lipinski definition) is 5. The number of nitrogens with two attached hydrogens (primary N) is 2. The lowest BCUT2D eigenvalue weighted by atomic mass is 10.3. The first-order valence-electron chi connectivity index (χ1n) is 3.65. The Balaban J connectivity index is 3.34. The number of thiol groups is 2. The highest BCUT2D eigenvalue weighted by Gasteiger charge is 2.04. The summed E-state index contributed by atoms with van der Waals surface area (Å²) in [4.78, 5) is 0. The minimum atomic E-state index is 0.104. The third-order valence-electron chi connectivity index (χ3n) is 1.41. The van der Waals surface area contributed by atoms with E-state index in [1.54, 1.807) is 0 Å². The molecule has 0 heterocycles. The molecule has 0 aromatic rings. The van der Waals surface area contributed by atoms with E-state index in [9.17, 15) is 0 Å². The molecule has 68 valence electrons. The van der Waals surface area contributed by atoms with E-state index >= 15 is 0 Å². The standard InChI is InChI=1S/C6H17N3S2/c7-1-6(4-11)9-2-5(8)3-10/h5-6,9-11H,1-4,7-8H2. The van der Waals surface area contributed by atoms with Crippen LogP contribution in [-0.4, -0.2) is 36.7 Å². The maximum Gasteiger partial charge on any atom is 0.0278 e. The van der Waals surface area contributed by atoms with E-state index in [4.69, 9.17) is 11.5 Å². The van der Waals surface area contributed by atoms with Crippen LogP contribution in [0.15, 0.2) is 0 Å². The van der Waals surface area contributed by atoms with Gasteiger partial charge in [-0.25, -0.2) is 0 Å². The van der Waals surface area contributed by atoms with Crippen molar-refractivity contribution in [2.45, 2.75) is 12.1 Å². The van der Waals surface area contributed by atoms with Crippen molar-refractivity contribution in [1.82, 2.24) is 5.32 Å². The molecule has 11 heavy (non-hydrogen) atoms. The average molecular weight is 195 g/mol. The van der Waals surface area contributed by atoms with E-state index in [1.807, 2.05) is 0 Å². The summed E-state index contributed by atoms with van der Waals surface area (Å²) in [7, 11) is 0. The van der Waals surface area contributed by atoms with Crippen molar-refractivity contribution in [3.63, 3.8) is 0 Å². The second-order valence-corrected chi connectivity index (χ2v) is 3.20. The number of hydrogen-bond acceptors (Lipinski definition) is 5. The predicted octanol–water partition coefficient (Wildman–Crippen LogP) is -0.910. The Bertz CT molecular complexity index is 87.9. The van der Waals surface area contributed by atoms with Crippen LogP contribution >= 0.6 is 25.3 Å². The Kier molecular flexibility index (Phi) is 7.62. The highest BCUT2D eigenvalue weighted by Crippen LogP contribution is 1.86. The van der Waals surface area contributed by atoms with Gasteiger partial charge in [-0.3, -0.25) is 0 Å². The first-order chi connectivity index (χ1) is 5.24. The third kappa shape index (κ3) is 5.81. The SMILES string of the molecule is NCC(CS)NCC(N)CS. The summed E-state index contributed by atoms with van der Waals surface area (Å²) in [5.41, 5.74) is 11.1. The van der Waals surface area contributed by atoms with E-state index in [0.717, 1.165) is 12.3 Å². The minimum absolute atomic E-state index is 0.104. The summed E-state index contributed by atoms with van der Waals surface area (Å²) < 4.78 is 0. The van der Waals surface area contributed by atoms with Crippen LogP contribution in [0.3, 0.4) is 0 Å². The smallest absolute Gasteiger partial charge is 0.0278 e. The highest BCUT2D eigenvalue weighted by atomic mass is 32.1. The van der Waals surface area contributed by atoms with Crippen LogP contribution in [0.4, 0.5) is 0 Å². The Morgan fingerprint density at radius 3 is 2.27 bits per heavy atom. The van der Waals surface area contributed by atoms with Gasteiger partial charge in [0.1, 0.15) is 0 Å². The van der Waals surface area contributed by atoms with E-state index < -0.39 is 0 Å². The molecule has 0 bridgehead atoms. The molecule has 5 heteroatoms. The number of nitrogens with one attached hydrogen (secondary N) is 1. The normalized spacial score (nSPS) is 16.4. The summed E-state index contributed by atoms with van der Waals surface area (Å²) in [6.45, 7) is 1.36. The van der Waals surface area contributed by atoms with Gasteiger partial charge >= 0.3 is 0 Å². The molecular weight excluding hydrogens is 178 g/mol. The summed E-state index contributed by atoms with van der Waals surface area (Å²) in [6, 6.07) is 0.372. The molecule has 0 fully saturated rings. The van der Waals surface area contributed by atoms with Gasteiger partial charge < -0.3 is 16.8 Å². The molecule has 0 amide bonds. The molecule has 0 spiro atoms. The average Bonchev–Trinajstić information content (AvgIpc) is 2.06.